The van der Waals surface area contributed by atoms with Crippen molar-refractivity contribution in [2.75, 3.05) is 11.4 Å². The van der Waals surface area contributed by atoms with Crippen LogP contribution in [0.2, 0.25) is 5.02 Å². The van der Waals surface area contributed by atoms with Crippen molar-refractivity contribution in [2.24, 2.45) is 7.05 Å². The first-order valence-electron chi connectivity index (χ1n) is 9.39. The Labute approximate surface area is 178 Å². The number of aryl methyl sites for hydroxylation is 1. The Bertz CT molecular complexity index is 1160. The van der Waals surface area contributed by atoms with E-state index in [9.17, 15) is 9.59 Å². The number of carbonyl (C=O) groups is 2. The Morgan fingerprint density at radius 1 is 1.20 bits per heavy atom. The average Bonchev–Trinajstić information content (AvgIpc) is 3.16. The molecule has 0 fully saturated rings. The molecule has 1 N–H and O–H groups in total. The molecule has 0 aliphatic carbocycles. The van der Waals surface area contributed by atoms with Crippen molar-refractivity contribution < 1.29 is 9.59 Å². The van der Waals surface area contributed by atoms with Crippen molar-refractivity contribution in [1.29, 1.82) is 5.26 Å². The Hall–Kier alpha value is -3.63. The minimum atomic E-state index is -0.304. The lowest BCUT2D eigenvalue weighted by atomic mass is 10.0. The molecule has 2 amide bonds. The van der Waals surface area contributed by atoms with Gasteiger partial charge in [-0.2, -0.15) is 10.4 Å². The first-order chi connectivity index (χ1) is 14.5. The number of benzene rings is 2. The minimum Gasteiger partial charge on any atom is -0.343 e. The van der Waals surface area contributed by atoms with E-state index in [1.807, 2.05) is 6.07 Å². The lowest BCUT2D eigenvalue weighted by Crippen LogP contribution is -2.41. The molecule has 8 heteroatoms. The van der Waals surface area contributed by atoms with Crippen LogP contribution < -0.4 is 10.2 Å². The summed E-state index contributed by atoms with van der Waals surface area (Å²) < 4.78 is 1.67. The van der Waals surface area contributed by atoms with E-state index in [0.717, 1.165) is 5.69 Å². The number of carbonyl (C=O) groups excluding carboxylic acids is 2. The number of halogens is 1. The van der Waals surface area contributed by atoms with Crippen molar-refractivity contribution in [3.8, 4) is 6.07 Å². The zero-order chi connectivity index (χ0) is 21.3. The molecule has 3 aromatic rings. The van der Waals surface area contributed by atoms with Crippen LogP contribution in [0, 0.1) is 11.3 Å². The number of hydrogen-bond donors (Lipinski definition) is 1. The fraction of sp³-hybridized carbons (Fsp3) is 0.182. The highest BCUT2D eigenvalue weighted by Gasteiger charge is 2.33. The summed E-state index contributed by atoms with van der Waals surface area (Å²) in [6.07, 6.45) is 2.16. The molecular formula is C22H18ClN5O2. The summed E-state index contributed by atoms with van der Waals surface area (Å²) in [5.74, 6) is -0.450. The van der Waals surface area contributed by atoms with Crippen LogP contribution in [0.3, 0.4) is 0 Å². The van der Waals surface area contributed by atoms with E-state index >= 15 is 0 Å². The fourth-order valence-corrected chi connectivity index (χ4v) is 3.86. The van der Waals surface area contributed by atoms with Crippen LogP contribution in [0.15, 0.2) is 54.7 Å². The molecule has 2 heterocycles. The molecule has 1 aromatic heterocycles. The lowest BCUT2D eigenvalue weighted by molar-refractivity contribution is 0.0931. The summed E-state index contributed by atoms with van der Waals surface area (Å²) >= 11 is 6.15. The van der Waals surface area contributed by atoms with E-state index in [1.165, 1.54) is 0 Å². The quantitative estimate of drug-likeness (QED) is 0.703. The summed E-state index contributed by atoms with van der Waals surface area (Å²) in [5, 5.41) is 16.7. The van der Waals surface area contributed by atoms with E-state index in [-0.39, 0.29) is 17.9 Å². The molecule has 150 valence electrons. The van der Waals surface area contributed by atoms with E-state index in [0.29, 0.717) is 40.4 Å². The van der Waals surface area contributed by atoms with Gasteiger partial charge in [0.2, 0.25) is 0 Å². The van der Waals surface area contributed by atoms with Gasteiger partial charge in [-0.05, 0) is 42.8 Å². The molecule has 30 heavy (non-hydrogen) atoms. The maximum atomic E-state index is 13.1. The van der Waals surface area contributed by atoms with Crippen LogP contribution in [0.1, 0.15) is 44.4 Å². The van der Waals surface area contributed by atoms with Crippen LogP contribution in [0.25, 0.3) is 0 Å². The monoisotopic (exact) mass is 419 g/mol. The molecule has 0 saturated heterocycles. The first-order valence-corrected chi connectivity index (χ1v) is 9.76. The van der Waals surface area contributed by atoms with Gasteiger partial charge in [0.15, 0.2) is 0 Å². The van der Waals surface area contributed by atoms with Gasteiger partial charge in [0, 0.05) is 19.2 Å². The molecular weight excluding hydrogens is 402 g/mol. The number of nitrogens with one attached hydrogen (secondary N) is 1. The first kappa shape index (κ1) is 19.7. The summed E-state index contributed by atoms with van der Waals surface area (Å²) in [7, 11) is 1.78. The Morgan fingerprint density at radius 2 is 1.93 bits per heavy atom. The minimum absolute atomic E-state index is 0.176. The van der Waals surface area contributed by atoms with E-state index in [4.69, 9.17) is 16.9 Å². The summed E-state index contributed by atoms with van der Waals surface area (Å²) in [5.41, 5.74) is 2.79. The SMILES string of the molecule is Cn1ncc2c1C(NC(=O)c1ccccc1Cl)CCN2C(=O)c1ccc(C#N)cc1. The molecule has 0 bridgehead atoms. The van der Waals surface area contributed by atoms with Gasteiger partial charge in [-0.3, -0.25) is 14.3 Å². The van der Waals surface area contributed by atoms with Gasteiger partial charge >= 0.3 is 0 Å². The number of fused-ring (bicyclic) bond motifs is 1. The van der Waals surface area contributed by atoms with Gasteiger partial charge in [-0.25, -0.2) is 0 Å². The molecule has 1 unspecified atom stereocenters. The zero-order valence-corrected chi connectivity index (χ0v) is 16.9. The third kappa shape index (κ3) is 3.53. The second-order valence-corrected chi connectivity index (χ2v) is 7.39. The number of amides is 2. The normalized spacial score (nSPS) is 15.2. The standard InChI is InChI=1S/C22H18ClN5O2/c1-27-20-18(26-21(29)16-4-2-3-5-17(16)23)10-11-28(19(20)13-25-27)22(30)15-8-6-14(12-24)7-9-15/h2-9,13,18H,10-11H2,1H3,(H,26,29). The molecule has 0 radical (unpaired) electrons. The Kier molecular flexibility index (Phi) is 5.25. The largest absolute Gasteiger partial charge is 0.343 e. The highest BCUT2D eigenvalue weighted by Crippen LogP contribution is 2.34. The highest BCUT2D eigenvalue weighted by molar-refractivity contribution is 6.33. The van der Waals surface area contributed by atoms with Crippen molar-refractivity contribution in [3.05, 3.63) is 82.1 Å². The van der Waals surface area contributed by atoms with E-state index < -0.39 is 0 Å². The highest BCUT2D eigenvalue weighted by atomic mass is 35.5. The molecule has 0 saturated carbocycles. The summed E-state index contributed by atoms with van der Waals surface area (Å²) in [6, 6.07) is 15.1. The van der Waals surface area contributed by atoms with E-state index in [2.05, 4.69) is 10.4 Å². The second-order valence-electron chi connectivity index (χ2n) is 6.98. The topological polar surface area (TPSA) is 91.0 Å². The third-order valence-corrected chi connectivity index (χ3v) is 5.49. The number of aromatic nitrogens is 2. The molecule has 2 aromatic carbocycles. The zero-order valence-electron chi connectivity index (χ0n) is 16.2. The molecule has 1 atom stereocenters. The van der Waals surface area contributed by atoms with Crippen molar-refractivity contribution in [1.82, 2.24) is 15.1 Å². The number of anilines is 1. The molecule has 4 rings (SSSR count). The predicted octanol–water partition coefficient (Wildman–Crippen LogP) is 3.47. The fourth-order valence-electron chi connectivity index (χ4n) is 3.64. The number of nitrogens with zero attached hydrogens (tertiary/aromatic N) is 4. The van der Waals surface area contributed by atoms with Gasteiger partial charge < -0.3 is 10.2 Å². The van der Waals surface area contributed by atoms with Gasteiger partial charge in [0.05, 0.1) is 45.8 Å². The van der Waals surface area contributed by atoms with Crippen LogP contribution in [-0.4, -0.2) is 28.1 Å². The lowest BCUT2D eigenvalue weighted by Gasteiger charge is -2.32. The molecule has 7 nitrogen and oxygen atoms in total. The van der Waals surface area contributed by atoms with Crippen LogP contribution >= 0.6 is 11.6 Å². The predicted molar refractivity (Wildman–Crippen MR) is 112 cm³/mol. The van der Waals surface area contributed by atoms with Gasteiger partial charge in [0.1, 0.15) is 0 Å². The van der Waals surface area contributed by atoms with E-state index in [1.54, 1.807) is 71.4 Å². The maximum Gasteiger partial charge on any atom is 0.258 e. The molecule has 1 aliphatic rings. The van der Waals surface area contributed by atoms with Crippen LogP contribution in [-0.2, 0) is 7.05 Å². The third-order valence-electron chi connectivity index (χ3n) is 5.16. The maximum absolute atomic E-state index is 13.1. The summed E-state index contributed by atoms with van der Waals surface area (Å²) in [6.45, 7) is 0.422. The summed E-state index contributed by atoms with van der Waals surface area (Å²) in [4.78, 5) is 27.5. The Balaban J connectivity index is 1.60. The van der Waals surface area contributed by atoms with Crippen molar-refractivity contribution >= 4 is 29.1 Å². The molecule has 1 aliphatic heterocycles. The van der Waals surface area contributed by atoms with Gasteiger partial charge in [-0.1, -0.05) is 23.7 Å². The van der Waals surface area contributed by atoms with Gasteiger partial charge in [-0.15, -0.1) is 0 Å². The van der Waals surface area contributed by atoms with Crippen molar-refractivity contribution in [2.45, 2.75) is 12.5 Å². The van der Waals surface area contributed by atoms with Gasteiger partial charge in [0.25, 0.3) is 11.8 Å². The second kappa shape index (κ2) is 8.01. The van der Waals surface area contributed by atoms with Crippen molar-refractivity contribution in [3.63, 3.8) is 0 Å². The Morgan fingerprint density at radius 3 is 2.63 bits per heavy atom. The van der Waals surface area contributed by atoms with Crippen LogP contribution in [0.5, 0.6) is 0 Å². The number of nitriles is 1. The number of rotatable bonds is 3. The average molecular weight is 420 g/mol. The number of hydrogen-bond acceptors (Lipinski definition) is 4. The van der Waals surface area contributed by atoms with Crippen LogP contribution in [0.4, 0.5) is 5.69 Å². The molecule has 0 spiro atoms. The smallest absolute Gasteiger partial charge is 0.258 e.